The van der Waals surface area contributed by atoms with E-state index in [2.05, 4.69) is 10.6 Å². The second-order valence-electron chi connectivity index (χ2n) is 4.14. The molecule has 1 fully saturated rings. The van der Waals surface area contributed by atoms with Crippen LogP contribution in [-0.2, 0) is 4.79 Å². The lowest BCUT2D eigenvalue weighted by Gasteiger charge is -2.22. The van der Waals surface area contributed by atoms with Gasteiger partial charge >= 0.3 is 0 Å². The highest BCUT2D eigenvalue weighted by atomic mass is 16.3. The lowest BCUT2D eigenvalue weighted by Crippen LogP contribution is -2.47. The molecule has 1 amide bonds. The Balaban J connectivity index is 2.12. The first-order valence-corrected chi connectivity index (χ1v) is 5.93. The fourth-order valence-corrected chi connectivity index (χ4v) is 1.76. The third-order valence-electron chi connectivity index (χ3n) is 2.87. The van der Waals surface area contributed by atoms with E-state index in [1.54, 1.807) is 0 Å². The summed E-state index contributed by atoms with van der Waals surface area (Å²) in [4.78, 5) is 11.6. The zero-order chi connectivity index (χ0) is 11.1. The Hall–Kier alpha value is -0.610. The summed E-state index contributed by atoms with van der Waals surface area (Å²) in [6, 6.07) is -0.0162. The van der Waals surface area contributed by atoms with Gasteiger partial charge in [-0.15, -0.1) is 0 Å². The van der Waals surface area contributed by atoms with Gasteiger partial charge in [0.05, 0.1) is 12.1 Å². The smallest absolute Gasteiger partial charge is 0.237 e. The van der Waals surface area contributed by atoms with Crippen molar-refractivity contribution in [3.63, 3.8) is 0 Å². The van der Waals surface area contributed by atoms with Crippen LogP contribution in [0.25, 0.3) is 0 Å². The summed E-state index contributed by atoms with van der Waals surface area (Å²) < 4.78 is 0. The molecular weight excluding hydrogens is 192 g/mol. The Morgan fingerprint density at radius 3 is 3.00 bits per heavy atom. The van der Waals surface area contributed by atoms with Crippen molar-refractivity contribution in [3.05, 3.63) is 0 Å². The van der Waals surface area contributed by atoms with Crippen LogP contribution in [-0.4, -0.2) is 36.2 Å². The summed E-state index contributed by atoms with van der Waals surface area (Å²) in [6.45, 7) is 3.46. The van der Waals surface area contributed by atoms with Crippen LogP contribution in [0.15, 0.2) is 0 Å². The van der Waals surface area contributed by atoms with Crippen molar-refractivity contribution in [2.24, 2.45) is 0 Å². The number of piperidine rings is 1. The quantitative estimate of drug-likeness (QED) is 0.621. The molecule has 0 aliphatic carbocycles. The lowest BCUT2D eigenvalue weighted by molar-refractivity contribution is -0.123. The fraction of sp³-hybridized carbons (Fsp3) is 0.909. The molecule has 1 aliphatic rings. The number of aliphatic hydroxyl groups is 1. The van der Waals surface area contributed by atoms with Gasteiger partial charge in [0.15, 0.2) is 0 Å². The van der Waals surface area contributed by atoms with Crippen LogP contribution in [0.2, 0.25) is 0 Å². The highest BCUT2D eigenvalue weighted by Gasteiger charge is 2.19. The fourth-order valence-electron chi connectivity index (χ4n) is 1.76. The van der Waals surface area contributed by atoms with E-state index < -0.39 is 0 Å². The molecule has 4 nitrogen and oxygen atoms in total. The van der Waals surface area contributed by atoms with Crippen LogP contribution in [0.1, 0.15) is 39.0 Å². The molecule has 15 heavy (non-hydrogen) atoms. The van der Waals surface area contributed by atoms with Gasteiger partial charge in [-0.05, 0) is 32.2 Å². The number of amides is 1. The zero-order valence-electron chi connectivity index (χ0n) is 9.46. The van der Waals surface area contributed by atoms with Gasteiger partial charge in [0.1, 0.15) is 0 Å². The van der Waals surface area contributed by atoms with Crippen molar-refractivity contribution >= 4 is 5.91 Å². The Labute approximate surface area is 91.4 Å². The van der Waals surface area contributed by atoms with Crippen LogP contribution in [0.5, 0.6) is 0 Å². The molecule has 0 radical (unpaired) electrons. The molecule has 0 bridgehead atoms. The first kappa shape index (κ1) is 12.5. The van der Waals surface area contributed by atoms with Crippen LogP contribution < -0.4 is 10.6 Å². The molecule has 1 aliphatic heterocycles. The number of rotatable bonds is 5. The SMILES string of the molecule is CCC(O)CCNC(=O)C1CCCCN1. The summed E-state index contributed by atoms with van der Waals surface area (Å²) in [7, 11) is 0. The number of hydrogen-bond donors (Lipinski definition) is 3. The molecule has 0 aromatic rings. The summed E-state index contributed by atoms with van der Waals surface area (Å²) in [5, 5.41) is 15.4. The molecule has 4 heteroatoms. The standard InChI is InChI=1S/C11H22N2O2/c1-2-9(14)6-8-13-11(15)10-5-3-4-7-12-10/h9-10,12,14H,2-8H2,1H3,(H,13,15). The van der Waals surface area contributed by atoms with E-state index in [0.717, 1.165) is 25.8 Å². The number of carbonyl (C=O) groups excluding carboxylic acids is 1. The molecule has 0 spiro atoms. The molecular formula is C11H22N2O2. The molecule has 0 saturated carbocycles. The molecule has 2 atom stereocenters. The van der Waals surface area contributed by atoms with Crippen molar-refractivity contribution in [3.8, 4) is 0 Å². The van der Waals surface area contributed by atoms with Crippen LogP contribution in [0.3, 0.4) is 0 Å². The summed E-state index contributed by atoms with van der Waals surface area (Å²) >= 11 is 0. The third kappa shape index (κ3) is 4.62. The average Bonchev–Trinajstić information content (AvgIpc) is 2.29. The zero-order valence-corrected chi connectivity index (χ0v) is 9.46. The molecule has 88 valence electrons. The maximum Gasteiger partial charge on any atom is 0.237 e. The van der Waals surface area contributed by atoms with Gasteiger partial charge in [0, 0.05) is 6.54 Å². The Kier molecular flexibility index (Phi) is 5.65. The van der Waals surface area contributed by atoms with Crippen LogP contribution in [0, 0.1) is 0 Å². The van der Waals surface area contributed by atoms with E-state index in [4.69, 9.17) is 0 Å². The van der Waals surface area contributed by atoms with E-state index in [9.17, 15) is 9.90 Å². The number of hydrogen-bond acceptors (Lipinski definition) is 3. The highest BCUT2D eigenvalue weighted by Crippen LogP contribution is 2.06. The van der Waals surface area contributed by atoms with Gasteiger partial charge < -0.3 is 15.7 Å². The normalized spacial score (nSPS) is 23.5. The van der Waals surface area contributed by atoms with E-state index >= 15 is 0 Å². The monoisotopic (exact) mass is 214 g/mol. The van der Waals surface area contributed by atoms with Crippen molar-refractivity contribution in [2.75, 3.05) is 13.1 Å². The number of nitrogens with one attached hydrogen (secondary N) is 2. The van der Waals surface area contributed by atoms with Crippen LogP contribution >= 0.6 is 0 Å². The van der Waals surface area contributed by atoms with Gasteiger partial charge in [-0.3, -0.25) is 4.79 Å². The predicted molar refractivity (Wildman–Crippen MR) is 59.6 cm³/mol. The Morgan fingerprint density at radius 2 is 2.40 bits per heavy atom. The van der Waals surface area contributed by atoms with Gasteiger partial charge in [-0.25, -0.2) is 0 Å². The third-order valence-corrected chi connectivity index (χ3v) is 2.87. The average molecular weight is 214 g/mol. The first-order valence-electron chi connectivity index (χ1n) is 5.93. The summed E-state index contributed by atoms with van der Waals surface area (Å²) in [5.74, 6) is 0.0815. The first-order chi connectivity index (χ1) is 7.24. The molecule has 2 unspecified atom stereocenters. The minimum absolute atomic E-state index is 0.0162. The highest BCUT2D eigenvalue weighted by molar-refractivity contribution is 5.81. The summed E-state index contributed by atoms with van der Waals surface area (Å²) in [6.07, 6.45) is 4.33. The molecule has 3 N–H and O–H groups in total. The van der Waals surface area contributed by atoms with Crippen LogP contribution in [0.4, 0.5) is 0 Å². The predicted octanol–water partition coefficient (Wildman–Crippen LogP) is 0.406. The molecule has 0 aromatic heterocycles. The summed E-state index contributed by atoms with van der Waals surface area (Å²) in [5.41, 5.74) is 0. The topological polar surface area (TPSA) is 61.4 Å². The molecule has 1 heterocycles. The molecule has 1 saturated heterocycles. The van der Waals surface area contributed by atoms with Gasteiger partial charge in [0.2, 0.25) is 5.91 Å². The Morgan fingerprint density at radius 1 is 1.60 bits per heavy atom. The van der Waals surface area contributed by atoms with E-state index in [1.165, 1.54) is 6.42 Å². The number of aliphatic hydroxyl groups excluding tert-OH is 1. The van der Waals surface area contributed by atoms with Crippen molar-refractivity contribution in [1.82, 2.24) is 10.6 Å². The maximum absolute atomic E-state index is 11.6. The van der Waals surface area contributed by atoms with Crippen molar-refractivity contribution in [1.29, 1.82) is 0 Å². The van der Waals surface area contributed by atoms with Crippen molar-refractivity contribution < 1.29 is 9.90 Å². The number of carbonyl (C=O) groups is 1. The Bertz CT molecular complexity index is 191. The second kappa shape index (κ2) is 6.80. The van der Waals surface area contributed by atoms with Gasteiger partial charge in [-0.1, -0.05) is 13.3 Å². The minimum atomic E-state index is -0.287. The second-order valence-corrected chi connectivity index (χ2v) is 4.14. The van der Waals surface area contributed by atoms with Gasteiger partial charge in [0.25, 0.3) is 0 Å². The maximum atomic E-state index is 11.6. The minimum Gasteiger partial charge on any atom is -0.393 e. The van der Waals surface area contributed by atoms with Gasteiger partial charge in [-0.2, -0.15) is 0 Å². The lowest BCUT2D eigenvalue weighted by atomic mass is 10.0. The van der Waals surface area contributed by atoms with E-state index in [0.29, 0.717) is 13.0 Å². The van der Waals surface area contributed by atoms with E-state index in [-0.39, 0.29) is 18.1 Å². The molecule has 1 rings (SSSR count). The van der Waals surface area contributed by atoms with E-state index in [1.807, 2.05) is 6.92 Å². The molecule has 0 aromatic carbocycles. The largest absolute Gasteiger partial charge is 0.393 e. The van der Waals surface area contributed by atoms with Crippen molar-refractivity contribution in [2.45, 2.75) is 51.2 Å².